The highest BCUT2D eigenvalue weighted by Gasteiger charge is 2.39. The van der Waals surface area contributed by atoms with Crippen molar-refractivity contribution in [2.75, 3.05) is 0 Å². The number of carbonyl (C=O) groups excluding carboxylic acids is 3. The monoisotopic (exact) mass is 496 g/mol. The lowest BCUT2D eigenvalue weighted by Crippen LogP contribution is -2.52. The molecule has 0 aromatic heterocycles. The fourth-order valence-corrected chi connectivity index (χ4v) is 3.89. The van der Waals surface area contributed by atoms with Gasteiger partial charge in [-0.05, 0) is 37.2 Å². The highest BCUT2D eigenvalue weighted by molar-refractivity contribution is 5.89. The Bertz CT molecular complexity index is 778. The van der Waals surface area contributed by atoms with Crippen molar-refractivity contribution in [3.63, 3.8) is 0 Å². The third-order valence-electron chi connectivity index (χ3n) is 6.07. The van der Waals surface area contributed by atoms with Crippen molar-refractivity contribution in [2.24, 2.45) is 29.2 Å². The van der Waals surface area contributed by atoms with Crippen LogP contribution >= 0.6 is 0 Å². The highest BCUT2D eigenvalue weighted by atomic mass is 16.7. The van der Waals surface area contributed by atoms with Gasteiger partial charge in [0.2, 0.25) is 12.2 Å². The number of amidine groups is 1. The summed E-state index contributed by atoms with van der Waals surface area (Å²) >= 11 is 0. The molecule has 0 radical (unpaired) electrons. The van der Waals surface area contributed by atoms with Gasteiger partial charge in [-0.15, -0.1) is 0 Å². The molecule has 5 atom stereocenters. The zero-order chi connectivity index (χ0) is 26.9. The molecule has 6 N–H and O–H groups in total. The number of nitrogens with two attached hydrogens (primary N) is 2. The molecule has 0 saturated carbocycles. The lowest BCUT2D eigenvalue weighted by Gasteiger charge is -2.38. The number of nitrogens with one attached hydrogen (secondary N) is 2. The van der Waals surface area contributed by atoms with E-state index in [4.69, 9.17) is 31.1 Å². The van der Waals surface area contributed by atoms with Crippen molar-refractivity contribution in [1.29, 1.82) is 5.41 Å². The number of amides is 1. The highest BCUT2D eigenvalue weighted by Crippen LogP contribution is 2.32. The second kappa shape index (κ2) is 14.2. The fraction of sp³-hybridized carbons (Fsp3) is 0.760. The van der Waals surface area contributed by atoms with E-state index in [1.54, 1.807) is 33.8 Å². The normalized spacial score (nSPS) is 21.9. The smallest absolute Gasteiger partial charge is 0.336 e. The van der Waals surface area contributed by atoms with Crippen LogP contribution in [-0.4, -0.2) is 54.3 Å². The Labute approximate surface area is 209 Å². The van der Waals surface area contributed by atoms with Crippen molar-refractivity contribution >= 4 is 23.7 Å². The number of rotatable bonds is 13. The van der Waals surface area contributed by atoms with Crippen LogP contribution in [0.15, 0.2) is 11.6 Å². The summed E-state index contributed by atoms with van der Waals surface area (Å²) in [5, 5.41) is 10.7. The maximum atomic E-state index is 13.2. The molecule has 0 saturated heterocycles. The minimum Gasteiger partial charge on any atom is -0.424 e. The molecule has 0 aromatic carbocycles. The van der Waals surface area contributed by atoms with Crippen LogP contribution in [0.3, 0.4) is 0 Å². The largest absolute Gasteiger partial charge is 0.424 e. The summed E-state index contributed by atoms with van der Waals surface area (Å²) in [6, 6.07) is -1.30. The van der Waals surface area contributed by atoms with Crippen LogP contribution in [-0.2, 0) is 28.6 Å². The van der Waals surface area contributed by atoms with Crippen LogP contribution in [0.4, 0.5) is 0 Å². The summed E-state index contributed by atoms with van der Waals surface area (Å²) in [6.07, 6.45) is 1.76. The predicted octanol–water partition coefficient (Wildman–Crippen LogP) is 2.39. The van der Waals surface area contributed by atoms with Gasteiger partial charge in [-0.2, -0.15) is 0 Å². The van der Waals surface area contributed by atoms with E-state index >= 15 is 0 Å². The topological polar surface area (TPSA) is 167 Å². The number of ether oxygens (including phenoxy) is 3. The van der Waals surface area contributed by atoms with Crippen molar-refractivity contribution in [3.8, 4) is 0 Å². The standard InChI is InChI=1S/C25H44N4O6/c1-8-18(9-2)33-19-11-17(10-16(12-20(26)27)22(19)29-15(7)30)23(31)34-25(14(5)6)35-24(32)21(28)13(3)4/h11,13-14,16,18-19,21-22,25H,8-10,12,28H2,1-7H3,(H3,26,27)(H,29,30)/t16-,19-,21?,22-,25?/m1/s1. The minimum atomic E-state index is -1.11. The summed E-state index contributed by atoms with van der Waals surface area (Å²) < 4.78 is 17.3. The van der Waals surface area contributed by atoms with Crippen LogP contribution in [0.25, 0.3) is 0 Å². The summed E-state index contributed by atoms with van der Waals surface area (Å²) in [5.74, 6) is -2.37. The van der Waals surface area contributed by atoms with Crippen LogP contribution in [0.2, 0.25) is 0 Å². The maximum absolute atomic E-state index is 13.2. The SMILES string of the molecule is CCC(CC)O[C@@H]1C=C(C(=O)OC(OC(=O)C(N)C(C)C)C(C)C)C[C@H](CC(=N)N)[C@H]1NC(C)=O. The molecule has 0 fully saturated rings. The van der Waals surface area contributed by atoms with E-state index in [1.165, 1.54) is 6.92 Å². The molecule has 10 nitrogen and oxygen atoms in total. The Morgan fingerprint density at radius 3 is 2.17 bits per heavy atom. The summed E-state index contributed by atoms with van der Waals surface area (Å²) in [5.41, 5.74) is 11.9. The molecule has 0 heterocycles. The third-order valence-corrected chi connectivity index (χ3v) is 6.07. The van der Waals surface area contributed by atoms with Gasteiger partial charge in [-0.1, -0.05) is 41.5 Å². The first-order valence-electron chi connectivity index (χ1n) is 12.4. The van der Waals surface area contributed by atoms with Gasteiger partial charge in [-0.25, -0.2) is 4.79 Å². The Hall–Kier alpha value is -2.46. The van der Waals surface area contributed by atoms with Crippen molar-refractivity contribution in [2.45, 2.75) is 105 Å². The number of esters is 2. The van der Waals surface area contributed by atoms with Gasteiger partial charge in [0.05, 0.1) is 24.1 Å². The van der Waals surface area contributed by atoms with Gasteiger partial charge < -0.3 is 31.0 Å². The Morgan fingerprint density at radius 1 is 1.11 bits per heavy atom. The first-order chi connectivity index (χ1) is 16.3. The van der Waals surface area contributed by atoms with Crippen LogP contribution in [0.5, 0.6) is 0 Å². The van der Waals surface area contributed by atoms with E-state index < -0.39 is 36.4 Å². The summed E-state index contributed by atoms with van der Waals surface area (Å²) in [6.45, 7) is 12.6. The zero-order valence-electron chi connectivity index (χ0n) is 22.1. The van der Waals surface area contributed by atoms with E-state index in [1.807, 2.05) is 13.8 Å². The molecule has 1 aliphatic carbocycles. The molecule has 0 aliphatic heterocycles. The van der Waals surface area contributed by atoms with Crippen LogP contribution in [0, 0.1) is 23.2 Å². The van der Waals surface area contributed by atoms with Crippen molar-refractivity contribution in [1.82, 2.24) is 5.32 Å². The molecule has 2 unspecified atom stereocenters. The molecule has 0 aromatic rings. The molecule has 35 heavy (non-hydrogen) atoms. The Morgan fingerprint density at radius 2 is 1.71 bits per heavy atom. The maximum Gasteiger partial charge on any atom is 0.336 e. The van der Waals surface area contributed by atoms with Crippen molar-refractivity contribution < 1.29 is 28.6 Å². The van der Waals surface area contributed by atoms with Gasteiger partial charge in [-0.3, -0.25) is 15.0 Å². The minimum absolute atomic E-state index is 0.0575. The molecule has 0 spiro atoms. The lowest BCUT2D eigenvalue weighted by atomic mass is 9.80. The van der Waals surface area contributed by atoms with E-state index in [-0.39, 0.29) is 48.4 Å². The van der Waals surface area contributed by atoms with E-state index in [2.05, 4.69) is 5.32 Å². The average molecular weight is 497 g/mol. The number of hydrogen-bond acceptors (Lipinski definition) is 8. The van der Waals surface area contributed by atoms with Gasteiger partial charge in [0.1, 0.15) is 6.04 Å². The lowest BCUT2D eigenvalue weighted by molar-refractivity contribution is -0.195. The van der Waals surface area contributed by atoms with Crippen molar-refractivity contribution in [3.05, 3.63) is 11.6 Å². The van der Waals surface area contributed by atoms with Crippen LogP contribution < -0.4 is 16.8 Å². The predicted molar refractivity (Wildman–Crippen MR) is 133 cm³/mol. The second-order valence-electron chi connectivity index (χ2n) is 9.88. The average Bonchev–Trinajstić information content (AvgIpc) is 2.76. The summed E-state index contributed by atoms with van der Waals surface area (Å²) in [4.78, 5) is 37.5. The molecule has 10 heteroatoms. The molecule has 1 amide bonds. The zero-order valence-corrected chi connectivity index (χ0v) is 22.1. The second-order valence-corrected chi connectivity index (χ2v) is 9.88. The molecule has 1 aliphatic rings. The van der Waals surface area contributed by atoms with Gasteiger partial charge in [0, 0.05) is 24.8 Å². The molecule has 0 bridgehead atoms. The van der Waals surface area contributed by atoms with E-state index in [9.17, 15) is 14.4 Å². The van der Waals surface area contributed by atoms with E-state index in [0.717, 1.165) is 12.8 Å². The molecule has 200 valence electrons. The Balaban J connectivity index is 3.23. The van der Waals surface area contributed by atoms with Gasteiger partial charge >= 0.3 is 11.9 Å². The molecular weight excluding hydrogens is 452 g/mol. The number of carbonyl (C=O) groups is 3. The summed E-state index contributed by atoms with van der Waals surface area (Å²) in [7, 11) is 0. The molecule has 1 rings (SSSR count). The van der Waals surface area contributed by atoms with E-state index in [0.29, 0.717) is 5.57 Å². The Kier molecular flexibility index (Phi) is 12.4. The fourth-order valence-electron chi connectivity index (χ4n) is 3.89. The quantitative estimate of drug-likeness (QED) is 0.130. The van der Waals surface area contributed by atoms with Gasteiger partial charge in [0.15, 0.2) is 0 Å². The third kappa shape index (κ3) is 9.60. The van der Waals surface area contributed by atoms with Crippen LogP contribution in [0.1, 0.15) is 74.1 Å². The first-order valence-corrected chi connectivity index (χ1v) is 12.4. The molecular formula is C25H44N4O6. The number of hydrogen-bond donors (Lipinski definition) is 4. The van der Waals surface area contributed by atoms with Gasteiger partial charge in [0.25, 0.3) is 0 Å². The first kappa shape index (κ1) is 30.6.